The zero-order chi connectivity index (χ0) is 20.8. The van der Waals surface area contributed by atoms with Crippen molar-refractivity contribution >= 4 is 17.3 Å². The number of carbonyl (C=O) groups excluding carboxylic acids is 1. The van der Waals surface area contributed by atoms with Crippen LogP contribution in [0.15, 0.2) is 30.3 Å². The molecule has 2 aromatic carbocycles. The summed E-state index contributed by atoms with van der Waals surface area (Å²) in [4.78, 5) is 15.2. The van der Waals surface area contributed by atoms with Gasteiger partial charge in [-0.1, -0.05) is 17.7 Å². The maximum absolute atomic E-state index is 13.0. The molecule has 29 heavy (non-hydrogen) atoms. The maximum atomic E-state index is 13.0. The Labute approximate surface area is 172 Å². The van der Waals surface area contributed by atoms with Gasteiger partial charge in [0.1, 0.15) is 11.5 Å². The van der Waals surface area contributed by atoms with Crippen LogP contribution in [0.1, 0.15) is 35.3 Å². The molecular formula is C23H30N2O4. The van der Waals surface area contributed by atoms with Crippen LogP contribution < -0.4 is 19.7 Å². The molecule has 1 aliphatic rings. The van der Waals surface area contributed by atoms with E-state index in [0.29, 0.717) is 43.4 Å². The van der Waals surface area contributed by atoms with Gasteiger partial charge in [-0.3, -0.25) is 4.79 Å². The highest BCUT2D eigenvalue weighted by atomic mass is 16.5. The molecule has 1 saturated heterocycles. The summed E-state index contributed by atoms with van der Waals surface area (Å²) in [7, 11) is 0. The lowest BCUT2D eigenvalue weighted by molar-refractivity contribution is 0.102. The van der Waals surface area contributed by atoms with Crippen molar-refractivity contribution in [3.05, 3.63) is 47.0 Å². The molecule has 0 saturated carbocycles. The van der Waals surface area contributed by atoms with E-state index >= 15 is 0 Å². The Morgan fingerprint density at radius 2 is 1.72 bits per heavy atom. The quantitative estimate of drug-likeness (QED) is 0.758. The summed E-state index contributed by atoms with van der Waals surface area (Å²) in [6.45, 7) is 11.8. The minimum Gasteiger partial charge on any atom is -0.492 e. The number of amides is 1. The van der Waals surface area contributed by atoms with Gasteiger partial charge in [-0.15, -0.1) is 0 Å². The predicted octanol–water partition coefficient (Wildman–Crippen LogP) is 4.19. The SMILES string of the molecule is CCOc1cc(N2CCOCC2)c(OCC)cc1NC(=O)c1cc(C)ccc1C. The lowest BCUT2D eigenvalue weighted by Gasteiger charge is -2.31. The largest absolute Gasteiger partial charge is 0.492 e. The first kappa shape index (κ1) is 21.0. The normalized spacial score (nSPS) is 13.9. The lowest BCUT2D eigenvalue weighted by Crippen LogP contribution is -2.36. The zero-order valence-electron chi connectivity index (χ0n) is 17.7. The zero-order valence-corrected chi connectivity index (χ0v) is 17.7. The first-order valence-corrected chi connectivity index (χ1v) is 10.2. The standard InChI is InChI=1S/C23H30N2O4/c1-5-28-21-15-20(25-9-11-27-12-10-25)22(29-6-2)14-19(21)24-23(26)18-13-16(3)7-8-17(18)4/h7-8,13-15H,5-6,9-12H2,1-4H3,(H,24,26). The van der Waals surface area contributed by atoms with Crippen molar-refractivity contribution in [1.82, 2.24) is 0 Å². The van der Waals surface area contributed by atoms with Gasteiger partial charge in [0.15, 0.2) is 0 Å². The summed E-state index contributed by atoms with van der Waals surface area (Å²) in [6, 6.07) is 9.68. The summed E-state index contributed by atoms with van der Waals surface area (Å²) >= 11 is 0. The molecule has 6 nitrogen and oxygen atoms in total. The Balaban J connectivity index is 1.96. The topological polar surface area (TPSA) is 60.0 Å². The van der Waals surface area contributed by atoms with Gasteiger partial charge in [-0.05, 0) is 39.3 Å². The van der Waals surface area contributed by atoms with Crippen molar-refractivity contribution in [1.29, 1.82) is 0 Å². The van der Waals surface area contributed by atoms with Crippen molar-refractivity contribution in [3.8, 4) is 11.5 Å². The van der Waals surface area contributed by atoms with E-state index in [2.05, 4.69) is 10.2 Å². The van der Waals surface area contributed by atoms with Gasteiger partial charge >= 0.3 is 0 Å². The smallest absolute Gasteiger partial charge is 0.256 e. The van der Waals surface area contributed by atoms with Crippen LogP contribution in [0.4, 0.5) is 11.4 Å². The Bertz CT molecular complexity index is 860. The van der Waals surface area contributed by atoms with Gasteiger partial charge in [-0.25, -0.2) is 0 Å². The van der Waals surface area contributed by atoms with E-state index in [-0.39, 0.29) is 5.91 Å². The van der Waals surface area contributed by atoms with E-state index in [0.717, 1.165) is 35.7 Å². The van der Waals surface area contributed by atoms with Gasteiger partial charge in [-0.2, -0.15) is 0 Å². The van der Waals surface area contributed by atoms with Crippen molar-refractivity contribution in [2.75, 3.05) is 49.7 Å². The first-order chi connectivity index (χ1) is 14.0. The van der Waals surface area contributed by atoms with Crippen molar-refractivity contribution in [3.63, 3.8) is 0 Å². The predicted molar refractivity (Wildman–Crippen MR) is 116 cm³/mol. The minimum absolute atomic E-state index is 0.159. The third kappa shape index (κ3) is 5.01. The van der Waals surface area contributed by atoms with Crippen LogP contribution in [0.5, 0.6) is 11.5 Å². The summed E-state index contributed by atoms with van der Waals surface area (Å²) in [5.74, 6) is 1.21. The molecule has 0 atom stereocenters. The fourth-order valence-electron chi connectivity index (χ4n) is 3.41. The van der Waals surface area contributed by atoms with Crippen LogP contribution in [0.2, 0.25) is 0 Å². The van der Waals surface area contributed by atoms with Crippen LogP contribution in [-0.2, 0) is 4.74 Å². The molecule has 0 spiro atoms. The van der Waals surface area contributed by atoms with Crippen molar-refractivity contribution < 1.29 is 19.0 Å². The summed E-state index contributed by atoms with van der Waals surface area (Å²) in [5, 5.41) is 3.02. The Morgan fingerprint density at radius 1 is 1.03 bits per heavy atom. The molecule has 1 aliphatic heterocycles. The number of hydrogen-bond acceptors (Lipinski definition) is 5. The second-order valence-electron chi connectivity index (χ2n) is 7.05. The van der Waals surface area contributed by atoms with E-state index < -0.39 is 0 Å². The number of hydrogen-bond donors (Lipinski definition) is 1. The van der Waals surface area contributed by atoms with E-state index in [1.807, 2.05) is 58.0 Å². The van der Waals surface area contributed by atoms with Gasteiger partial charge in [0.2, 0.25) is 0 Å². The number of morpholine rings is 1. The molecule has 0 radical (unpaired) electrons. The summed E-state index contributed by atoms with van der Waals surface area (Å²) in [6.07, 6.45) is 0. The van der Waals surface area contributed by atoms with E-state index in [1.165, 1.54) is 0 Å². The van der Waals surface area contributed by atoms with Gasteiger partial charge in [0.25, 0.3) is 5.91 Å². The molecule has 0 aliphatic carbocycles. The van der Waals surface area contributed by atoms with E-state index in [4.69, 9.17) is 14.2 Å². The molecule has 1 N–H and O–H groups in total. The number of anilines is 2. The Kier molecular flexibility index (Phi) is 6.99. The third-order valence-electron chi connectivity index (χ3n) is 4.90. The lowest BCUT2D eigenvalue weighted by atomic mass is 10.0. The highest BCUT2D eigenvalue weighted by molar-refractivity contribution is 6.06. The maximum Gasteiger partial charge on any atom is 0.256 e. The van der Waals surface area contributed by atoms with Crippen LogP contribution in [0, 0.1) is 13.8 Å². The number of carbonyl (C=O) groups is 1. The van der Waals surface area contributed by atoms with E-state index in [9.17, 15) is 4.79 Å². The van der Waals surface area contributed by atoms with Gasteiger partial charge in [0.05, 0.1) is 37.8 Å². The molecule has 2 aromatic rings. The number of nitrogens with zero attached hydrogens (tertiary/aromatic N) is 1. The van der Waals surface area contributed by atoms with Gasteiger partial charge in [0, 0.05) is 30.8 Å². The summed E-state index contributed by atoms with van der Waals surface area (Å²) in [5.41, 5.74) is 4.20. The molecule has 0 bridgehead atoms. The van der Waals surface area contributed by atoms with E-state index in [1.54, 1.807) is 0 Å². The van der Waals surface area contributed by atoms with Crippen LogP contribution in [0.3, 0.4) is 0 Å². The minimum atomic E-state index is -0.159. The molecule has 6 heteroatoms. The molecule has 1 fully saturated rings. The number of benzene rings is 2. The molecule has 1 heterocycles. The highest BCUT2D eigenvalue weighted by Crippen LogP contribution is 2.39. The molecular weight excluding hydrogens is 368 g/mol. The van der Waals surface area contributed by atoms with Crippen LogP contribution >= 0.6 is 0 Å². The van der Waals surface area contributed by atoms with Crippen molar-refractivity contribution in [2.24, 2.45) is 0 Å². The fourth-order valence-corrected chi connectivity index (χ4v) is 3.41. The third-order valence-corrected chi connectivity index (χ3v) is 4.90. The van der Waals surface area contributed by atoms with Crippen molar-refractivity contribution in [2.45, 2.75) is 27.7 Å². The molecule has 1 amide bonds. The molecule has 3 rings (SSSR count). The number of nitrogens with one attached hydrogen (secondary N) is 1. The molecule has 156 valence electrons. The Morgan fingerprint density at radius 3 is 2.41 bits per heavy atom. The average Bonchev–Trinajstić information content (AvgIpc) is 2.72. The second kappa shape index (κ2) is 9.65. The van der Waals surface area contributed by atoms with Crippen LogP contribution in [-0.4, -0.2) is 45.4 Å². The molecule has 0 unspecified atom stereocenters. The number of ether oxygens (including phenoxy) is 3. The number of aryl methyl sites for hydroxylation is 2. The Hall–Kier alpha value is -2.73. The van der Waals surface area contributed by atoms with Crippen LogP contribution in [0.25, 0.3) is 0 Å². The monoisotopic (exact) mass is 398 g/mol. The average molecular weight is 399 g/mol. The second-order valence-corrected chi connectivity index (χ2v) is 7.05. The highest BCUT2D eigenvalue weighted by Gasteiger charge is 2.21. The first-order valence-electron chi connectivity index (χ1n) is 10.2. The summed E-state index contributed by atoms with van der Waals surface area (Å²) < 4.78 is 17.2. The fraction of sp³-hybridized carbons (Fsp3) is 0.435. The molecule has 0 aromatic heterocycles. The number of rotatable bonds is 7. The van der Waals surface area contributed by atoms with Gasteiger partial charge < -0.3 is 24.4 Å².